The molecule has 3 heterocycles. The van der Waals surface area contributed by atoms with Crippen LogP contribution in [-0.4, -0.2) is 54.3 Å². The van der Waals surface area contributed by atoms with Crippen LogP contribution in [0.3, 0.4) is 0 Å². The van der Waals surface area contributed by atoms with Crippen molar-refractivity contribution < 1.29 is 4.39 Å². The largest absolute Gasteiger partial charge is 0.353 e. The lowest BCUT2D eigenvalue weighted by molar-refractivity contribution is 0.235. The second kappa shape index (κ2) is 5.16. The van der Waals surface area contributed by atoms with E-state index in [2.05, 4.69) is 19.8 Å². The number of halogens is 1. The molecule has 0 aromatic carbocycles. The molecule has 1 aliphatic heterocycles. The topological polar surface area (TPSA) is 32.3 Å². The smallest absolute Gasteiger partial charge is 0.150 e. The van der Waals surface area contributed by atoms with Crippen molar-refractivity contribution in [2.75, 3.05) is 44.3 Å². The highest BCUT2D eigenvalue weighted by Gasteiger charge is 2.19. The van der Waals surface area contributed by atoms with E-state index in [1.54, 1.807) is 17.7 Å². The number of anilines is 1. The summed E-state index contributed by atoms with van der Waals surface area (Å²) < 4.78 is 13.4. The van der Waals surface area contributed by atoms with Crippen LogP contribution in [0.4, 0.5) is 10.2 Å². The van der Waals surface area contributed by atoms with Crippen molar-refractivity contribution in [3.63, 3.8) is 0 Å². The number of alkyl halides is 1. The summed E-state index contributed by atoms with van der Waals surface area (Å²) in [4.78, 5) is 13.1. The summed E-state index contributed by atoms with van der Waals surface area (Å²) in [6.45, 7) is 3.91. The van der Waals surface area contributed by atoms with Crippen LogP contribution in [-0.2, 0) is 0 Å². The van der Waals surface area contributed by atoms with Crippen molar-refractivity contribution in [3.8, 4) is 0 Å². The molecular weight excluding hydrogens is 251 g/mol. The highest BCUT2D eigenvalue weighted by atomic mass is 32.1. The molecule has 0 spiro atoms. The summed E-state index contributed by atoms with van der Waals surface area (Å²) in [5.41, 5.74) is 1.01. The zero-order chi connectivity index (χ0) is 12.4. The van der Waals surface area contributed by atoms with E-state index in [-0.39, 0.29) is 6.67 Å². The minimum absolute atomic E-state index is 0.261. The fourth-order valence-corrected chi connectivity index (χ4v) is 3.17. The Morgan fingerprint density at radius 2 is 2.06 bits per heavy atom. The van der Waals surface area contributed by atoms with E-state index in [0.29, 0.717) is 6.54 Å². The second-order valence-electron chi connectivity index (χ2n) is 4.35. The van der Waals surface area contributed by atoms with Gasteiger partial charge in [0.1, 0.15) is 18.8 Å². The van der Waals surface area contributed by atoms with Gasteiger partial charge in [0.15, 0.2) is 0 Å². The molecule has 0 radical (unpaired) electrons. The average Bonchev–Trinajstić information content (AvgIpc) is 2.88. The van der Waals surface area contributed by atoms with Gasteiger partial charge in [-0.3, -0.25) is 4.90 Å². The second-order valence-corrected chi connectivity index (χ2v) is 5.27. The number of thiophene rings is 1. The maximum absolute atomic E-state index is 12.3. The zero-order valence-electron chi connectivity index (χ0n) is 10.0. The third-order valence-electron chi connectivity index (χ3n) is 3.30. The Balaban J connectivity index is 1.78. The molecule has 0 bridgehead atoms. The van der Waals surface area contributed by atoms with E-state index in [9.17, 15) is 4.39 Å². The standard InChI is InChI=1S/C12H15FN4S/c13-2-3-16-4-6-17(7-5-16)12-11-10(1-8-18-11)14-9-15-12/h1,8-9H,2-7H2. The Labute approximate surface area is 109 Å². The number of aromatic nitrogens is 2. The third kappa shape index (κ3) is 2.18. The molecule has 1 fully saturated rings. The highest BCUT2D eigenvalue weighted by Crippen LogP contribution is 2.28. The third-order valence-corrected chi connectivity index (χ3v) is 4.20. The van der Waals surface area contributed by atoms with Gasteiger partial charge in [-0.1, -0.05) is 0 Å². The number of nitrogens with zero attached hydrogens (tertiary/aromatic N) is 4. The highest BCUT2D eigenvalue weighted by molar-refractivity contribution is 7.17. The molecule has 2 aromatic heterocycles. The molecule has 0 N–H and O–H groups in total. The molecule has 0 saturated carbocycles. The first-order valence-electron chi connectivity index (χ1n) is 6.10. The van der Waals surface area contributed by atoms with E-state index < -0.39 is 0 Å². The number of hydrogen-bond acceptors (Lipinski definition) is 5. The van der Waals surface area contributed by atoms with Crippen LogP contribution in [0.15, 0.2) is 17.8 Å². The number of piperazine rings is 1. The SMILES string of the molecule is FCCN1CCN(c2ncnc3ccsc23)CC1. The molecule has 0 aliphatic carbocycles. The van der Waals surface area contributed by atoms with Crippen LogP contribution >= 0.6 is 11.3 Å². The van der Waals surface area contributed by atoms with Crippen LogP contribution in [0.25, 0.3) is 10.2 Å². The molecule has 1 aliphatic rings. The van der Waals surface area contributed by atoms with Gasteiger partial charge in [-0.15, -0.1) is 11.3 Å². The molecule has 0 unspecified atom stereocenters. The van der Waals surface area contributed by atoms with Crippen molar-refractivity contribution in [1.29, 1.82) is 0 Å². The molecule has 0 amide bonds. The Morgan fingerprint density at radius 3 is 2.83 bits per heavy atom. The Kier molecular flexibility index (Phi) is 3.38. The van der Waals surface area contributed by atoms with E-state index >= 15 is 0 Å². The fourth-order valence-electron chi connectivity index (χ4n) is 2.30. The normalized spacial score (nSPS) is 17.5. The van der Waals surface area contributed by atoms with Gasteiger partial charge in [0.25, 0.3) is 0 Å². The Morgan fingerprint density at radius 1 is 1.22 bits per heavy atom. The molecule has 18 heavy (non-hydrogen) atoms. The molecule has 4 nitrogen and oxygen atoms in total. The van der Waals surface area contributed by atoms with Gasteiger partial charge in [-0.05, 0) is 11.4 Å². The zero-order valence-corrected chi connectivity index (χ0v) is 10.9. The van der Waals surface area contributed by atoms with Gasteiger partial charge in [0.2, 0.25) is 0 Å². The minimum atomic E-state index is -0.261. The summed E-state index contributed by atoms with van der Waals surface area (Å²) in [5.74, 6) is 1.02. The monoisotopic (exact) mass is 266 g/mol. The first kappa shape index (κ1) is 11.8. The van der Waals surface area contributed by atoms with Gasteiger partial charge in [-0.2, -0.15) is 0 Å². The van der Waals surface area contributed by atoms with E-state index in [0.717, 1.165) is 42.2 Å². The van der Waals surface area contributed by atoms with Crippen LogP contribution in [0.5, 0.6) is 0 Å². The van der Waals surface area contributed by atoms with Gasteiger partial charge in [0.05, 0.1) is 10.2 Å². The fraction of sp³-hybridized carbons (Fsp3) is 0.500. The van der Waals surface area contributed by atoms with Crippen LogP contribution < -0.4 is 4.90 Å². The number of rotatable bonds is 3. The lowest BCUT2D eigenvalue weighted by atomic mass is 10.3. The van der Waals surface area contributed by atoms with Crippen molar-refractivity contribution in [2.45, 2.75) is 0 Å². The van der Waals surface area contributed by atoms with Gasteiger partial charge < -0.3 is 4.90 Å². The number of hydrogen-bond donors (Lipinski definition) is 0. The van der Waals surface area contributed by atoms with Gasteiger partial charge in [-0.25, -0.2) is 14.4 Å². The summed E-state index contributed by atoms with van der Waals surface area (Å²) in [5, 5.41) is 2.04. The summed E-state index contributed by atoms with van der Waals surface area (Å²) in [6.07, 6.45) is 1.62. The lowest BCUT2D eigenvalue weighted by Gasteiger charge is -2.34. The lowest BCUT2D eigenvalue weighted by Crippen LogP contribution is -2.47. The van der Waals surface area contributed by atoms with Gasteiger partial charge >= 0.3 is 0 Å². The Hall–Kier alpha value is -1.27. The molecule has 3 rings (SSSR count). The molecule has 6 heteroatoms. The van der Waals surface area contributed by atoms with E-state index in [1.165, 1.54) is 0 Å². The average molecular weight is 266 g/mol. The predicted molar refractivity (Wildman–Crippen MR) is 72.0 cm³/mol. The quantitative estimate of drug-likeness (QED) is 0.847. The van der Waals surface area contributed by atoms with Crippen molar-refractivity contribution in [1.82, 2.24) is 14.9 Å². The van der Waals surface area contributed by atoms with Gasteiger partial charge in [0, 0.05) is 32.7 Å². The maximum atomic E-state index is 12.3. The van der Waals surface area contributed by atoms with Crippen molar-refractivity contribution in [3.05, 3.63) is 17.8 Å². The van der Waals surface area contributed by atoms with Crippen molar-refractivity contribution in [2.24, 2.45) is 0 Å². The van der Waals surface area contributed by atoms with E-state index in [1.807, 2.05) is 11.4 Å². The van der Waals surface area contributed by atoms with Crippen molar-refractivity contribution >= 4 is 27.4 Å². The predicted octanol–water partition coefficient (Wildman–Crippen LogP) is 1.78. The summed E-state index contributed by atoms with van der Waals surface area (Å²) in [6, 6.07) is 2.02. The first-order chi connectivity index (χ1) is 8.88. The molecular formula is C12H15FN4S. The molecule has 96 valence electrons. The molecule has 0 atom stereocenters. The van der Waals surface area contributed by atoms with E-state index in [4.69, 9.17) is 0 Å². The van der Waals surface area contributed by atoms with Crippen LogP contribution in [0.1, 0.15) is 0 Å². The minimum Gasteiger partial charge on any atom is -0.353 e. The molecule has 2 aromatic rings. The number of fused-ring (bicyclic) bond motifs is 1. The summed E-state index contributed by atoms with van der Waals surface area (Å²) >= 11 is 1.68. The Bertz CT molecular complexity index is 522. The van der Waals surface area contributed by atoms with Crippen LogP contribution in [0.2, 0.25) is 0 Å². The first-order valence-corrected chi connectivity index (χ1v) is 6.98. The van der Waals surface area contributed by atoms with Crippen LogP contribution in [0, 0.1) is 0 Å². The molecule has 1 saturated heterocycles. The summed E-state index contributed by atoms with van der Waals surface area (Å²) in [7, 11) is 0. The maximum Gasteiger partial charge on any atom is 0.150 e.